The number of anilines is 1. The first-order valence-electron chi connectivity index (χ1n) is 15.7. The summed E-state index contributed by atoms with van der Waals surface area (Å²) in [5.41, 5.74) is 11.1. The Morgan fingerprint density at radius 2 is 1.98 bits per heavy atom. The molecule has 1 saturated heterocycles. The molecule has 8 nitrogen and oxygen atoms in total. The lowest BCUT2D eigenvalue weighted by Gasteiger charge is -2.36. The van der Waals surface area contributed by atoms with E-state index in [-0.39, 0.29) is 36.5 Å². The van der Waals surface area contributed by atoms with Crippen LogP contribution in [0.4, 0.5) is 10.1 Å². The van der Waals surface area contributed by atoms with Gasteiger partial charge in [-0.3, -0.25) is 4.79 Å². The van der Waals surface area contributed by atoms with Crippen LogP contribution in [0.2, 0.25) is 0 Å². The second kappa shape index (κ2) is 9.81. The minimum Gasteiger partial charge on any atom is -0.396 e. The minimum atomic E-state index is -0.387. The van der Waals surface area contributed by atoms with Gasteiger partial charge in [0, 0.05) is 55.8 Å². The summed E-state index contributed by atoms with van der Waals surface area (Å²) in [4.78, 5) is 23.0. The van der Waals surface area contributed by atoms with Crippen LogP contribution in [0.1, 0.15) is 61.8 Å². The number of imidazole rings is 1. The molecule has 2 bridgehead atoms. The second-order valence-electron chi connectivity index (χ2n) is 13.0. The Morgan fingerprint density at radius 3 is 2.69 bits per heavy atom. The van der Waals surface area contributed by atoms with Crippen LogP contribution < -0.4 is 10.6 Å². The molecule has 0 radical (unpaired) electrons. The number of carbonyl (C=O) groups is 1. The number of fused-ring (bicyclic) bond motifs is 3. The molecule has 2 aromatic carbocycles. The first kappa shape index (κ1) is 26.2. The van der Waals surface area contributed by atoms with Crippen LogP contribution >= 0.6 is 0 Å². The molecule has 2 saturated carbocycles. The van der Waals surface area contributed by atoms with Crippen LogP contribution in [-0.2, 0) is 6.54 Å². The number of halogens is 1. The fourth-order valence-corrected chi connectivity index (χ4v) is 8.01. The highest BCUT2D eigenvalue weighted by Crippen LogP contribution is 2.44. The van der Waals surface area contributed by atoms with Gasteiger partial charge in [0.2, 0.25) is 0 Å². The number of para-hydroxylation sites is 1. The normalized spacial score (nSPS) is 25.0. The molecule has 4 aromatic rings. The van der Waals surface area contributed by atoms with Crippen molar-refractivity contribution in [3.05, 3.63) is 47.8 Å². The van der Waals surface area contributed by atoms with Gasteiger partial charge in [-0.25, -0.2) is 9.37 Å². The van der Waals surface area contributed by atoms with Crippen molar-refractivity contribution in [3.63, 3.8) is 0 Å². The Bertz CT molecular complexity index is 1710. The quantitative estimate of drug-likeness (QED) is 0.314. The number of aromatic nitrogens is 3. The number of hydrogen-bond acceptors (Lipinski definition) is 5. The predicted octanol–water partition coefficient (Wildman–Crippen LogP) is 4.92. The Balaban J connectivity index is 1.27. The van der Waals surface area contributed by atoms with E-state index in [1.807, 2.05) is 4.90 Å². The summed E-state index contributed by atoms with van der Waals surface area (Å²) in [7, 11) is 0. The number of likely N-dealkylation sites (tertiary alicyclic amines) is 1. The molecule has 2 aliphatic carbocycles. The van der Waals surface area contributed by atoms with Crippen molar-refractivity contribution in [2.24, 2.45) is 17.6 Å². The monoisotopic (exact) mass is 570 g/mol. The number of hydrogen-bond donors (Lipinski definition) is 2. The van der Waals surface area contributed by atoms with Gasteiger partial charge in [0.1, 0.15) is 11.3 Å². The van der Waals surface area contributed by atoms with E-state index >= 15 is 4.39 Å². The summed E-state index contributed by atoms with van der Waals surface area (Å²) < 4.78 is 20.6. The third-order valence-corrected chi connectivity index (χ3v) is 10.4. The van der Waals surface area contributed by atoms with Gasteiger partial charge in [-0.1, -0.05) is 19.1 Å². The molecule has 2 aromatic heterocycles. The zero-order valence-electron chi connectivity index (χ0n) is 24.2. The predicted molar refractivity (Wildman–Crippen MR) is 162 cm³/mol. The lowest BCUT2D eigenvalue weighted by molar-refractivity contribution is 0.0700. The number of rotatable bonds is 8. The van der Waals surface area contributed by atoms with Gasteiger partial charge in [-0.05, 0) is 74.6 Å². The maximum absolute atomic E-state index is 16.1. The van der Waals surface area contributed by atoms with Crippen molar-refractivity contribution in [1.82, 2.24) is 19.0 Å². The van der Waals surface area contributed by atoms with E-state index in [2.05, 4.69) is 45.2 Å². The fourth-order valence-electron chi connectivity index (χ4n) is 8.01. The van der Waals surface area contributed by atoms with Crippen LogP contribution in [0.3, 0.4) is 0 Å². The summed E-state index contributed by atoms with van der Waals surface area (Å²) >= 11 is 0. The molecule has 4 aliphatic rings. The van der Waals surface area contributed by atoms with E-state index in [0.717, 1.165) is 68.5 Å². The highest BCUT2D eigenvalue weighted by Gasteiger charge is 2.47. The smallest absolute Gasteiger partial charge is 0.254 e. The van der Waals surface area contributed by atoms with Gasteiger partial charge in [0.25, 0.3) is 5.91 Å². The summed E-state index contributed by atoms with van der Waals surface area (Å²) in [5, 5.41) is 10.6. The van der Waals surface area contributed by atoms with Crippen molar-refractivity contribution < 1.29 is 14.3 Å². The SMILES string of the molecule is CCC1CN(CCCO)c2cccc3cc(-c4nc5cc(C(=O)N6C[C@H]7CC[C@@H]6[C@@H]7N)cc(F)c5n4CC4CC4)n1c23. The Labute approximate surface area is 244 Å². The topological polar surface area (TPSA) is 92.6 Å². The number of carbonyl (C=O) groups excluding carboxylic acids is 1. The second-order valence-corrected chi connectivity index (χ2v) is 13.0. The zero-order chi connectivity index (χ0) is 28.7. The van der Waals surface area contributed by atoms with Crippen LogP contribution in [0, 0.1) is 17.7 Å². The third kappa shape index (κ3) is 3.93. The average Bonchev–Trinajstić information content (AvgIpc) is 3.31. The molecule has 3 N–H and O–H groups in total. The van der Waals surface area contributed by atoms with Crippen molar-refractivity contribution in [2.45, 2.75) is 70.1 Å². The van der Waals surface area contributed by atoms with Gasteiger partial charge in [-0.15, -0.1) is 0 Å². The van der Waals surface area contributed by atoms with E-state index in [4.69, 9.17) is 10.7 Å². The molecular weight excluding hydrogens is 531 g/mol. The number of benzene rings is 2. The molecule has 0 spiro atoms. The number of aliphatic hydroxyl groups excluding tert-OH is 1. The molecule has 8 rings (SSSR count). The molecule has 220 valence electrons. The van der Waals surface area contributed by atoms with E-state index in [1.165, 1.54) is 17.3 Å². The molecule has 3 fully saturated rings. The minimum absolute atomic E-state index is 0.0170. The largest absolute Gasteiger partial charge is 0.396 e. The van der Waals surface area contributed by atoms with Gasteiger partial charge < -0.3 is 29.8 Å². The van der Waals surface area contributed by atoms with Crippen LogP contribution in [0.25, 0.3) is 33.5 Å². The lowest BCUT2D eigenvalue weighted by Crippen LogP contribution is -2.41. The standard InChI is InChI=1S/C33H39FN6O2/c1-2-23-18-37(11-4-12-41)27-6-3-5-20-15-28(40(23)30(20)27)32-36-25-14-22(13-24(34)31(25)39(32)16-19-7-8-19)33(42)38-17-21-9-10-26(38)29(21)35/h3,5-6,13-15,19,21,23,26,29,41H,2,4,7-12,16-18,35H2,1H3/t21-,23?,26-,29-/m1/s1. The molecule has 1 unspecified atom stereocenters. The van der Waals surface area contributed by atoms with Crippen molar-refractivity contribution in [1.29, 1.82) is 0 Å². The highest BCUT2D eigenvalue weighted by atomic mass is 19.1. The molecule has 42 heavy (non-hydrogen) atoms. The molecule has 4 atom stereocenters. The maximum Gasteiger partial charge on any atom is 0.254 e. The van der Waals surface area contributed by atoms with Gasteiger partial charge in [-0.2, -0.15) is 0 Å². The van der Waals surface area contributed by atoms with Crippen LogP contribution in [0.5, 0.6) is 0 Å². The number of amides is 1. The van der Waals surface area contributed by atoms with Crippen molar-refractivity contribution in [3.8, 4) is 11.5 Å². The summed E-state index contributed by atoms with van der Waals surface area (Å²) in [6.07, 6.45) is 5.93. The highest BCUT2D eigenvalue weighted by molar-refractivity contribution is 6.00. The summed E-state index contributed by atoms with van der Waals surface area (Å²) in [5.74, 6) is 1.10. The third-order valence-electron chi connectivity index (χ3n) is 10.4. The lowest BCUT2D eigenvalue weighted by atomic mass is 10.1. The van der Waals surface area contributed by atoms with Gasteiger partial charge in [0.05, 0.1) is 28.5 Å². The van der Waals surface area contributed by atoms with E-state index in [1.54, 1.807) is 6.07 Å². The first-order valence-corrected chi connectivity index (χ1v) is 15.7. The summed E-state index contributed by atoms with van der Waals surface area (Å²) in [6.45, 7) is 5.40. The molecule has 9 heteroatoms. The van der Waals surface area contributed by atoms with Crippen molar-refractivity contribution >= 4 is 33.5 Å². The summed E-state index contributed by atoms with van der Waals surface area (Å²) in [6, 6.07) is 12.1. The molecule has 2 aliphatic heterocycles. The van der Waals surface area contributed by atoms with Crippen molar-refractivity contribution in [2.75, 3.05) is 31.1 Å². The van der Waals surface area contributed by atoms with E-state index in [0.29, 0.717) is 41.5 Å². The maximum atomic E-state index is 16.1. The van der Waals surface area contributed by atoms with Gasteiger partial charge in [0.15, 0.2) is 5.82 Å². The Kier molecular flexibility index (Phi) is 6.12. The van der Waals surface area contributed by atoms with E-state index in [9.17, 15) is 9.90 Å². The molecule has 4 heterocycles. The number of piperidine rings is 1. The fraction of sp³-hybridized carbons (Fsp3) is 0.515. The van der Waals surface area contributed by atoms with E-state index < -0.39 is 0 Å². The average molecular weight is 571 g/mol. The Morgan fingerprint density at radius 1 is 1.12 bits per heavy atom. The molecular formula is C33H39FN6O2. The van der Waals surface area contributed by atoms with Gasteiger partial charge >= 0.3 is 0 Å². The molecule has 1 amide bonds. The number of nitrogens with two attached hydrogens (primary N) is 1. The Hall–Kier alpha value is -3.43. The van der Waals surface area contributed by atoms with Crippen LogP contribution in [-0.4, -0.2) is 68.4 Å². The van der Waals surface area contributed by atoms with Crippen LogP contribution in [0.15, 0.2) is 36.4 Å². The first-order chi connectivity index (χ1) is 20.5. The number of nitrogens with zero attached hydrogens (tertiary/aromatic N) is 5. The zero-order valence-corrected chi connectivity index (χ0v) is 24.2. The number of aliphatic hydroxyl groups is 1.